The predicted octanol–water partition coefficient (Wildman–Crippen LogP) is 5.25. The molecule has 2 aromatic carbocycles. The third-order valence-electron chi connectivity index (χ3n) is 6.71. The summed E-state index contributed by atoms with van der Waals surface area (Å²) in [4.78, 5) is 23.3. The van der Waals surface area contributed by atoms with Crippen molar-refractivity contribution in [3.8, 4) is 11.8 Å². The minimum absolute atomic E-state index is 0.0144. The van der Waals surface area contributed by atoms with Crippen molar-refractivity contribution in [2.24, 2.45) is 10.8 Å². The monoisotopic (exact) mass is 518 g/mol. The van der Waals surface area contributed by atoms with Gasteiger partial charge < -0.3 is 19.6 Å². The summed E-state index contributed by atoms with van der Waals surface area (Å²) in [5.41, 5.74) is -0.982. The Balaban J connectivity index is 1.69. The van der Waals surface area contributed by atoms with Gasteiger partial charge in [-0.25, -0.2) is 8.78 Å². The van der Waals surface area contributed by atoms with E-state index in [1.807, 2.05) is 33.8 Å². The fourth-order valence-corrected chi connectivity index (χ4v) is 5.40. The third kappa shape index (κ3) is 5.53. The Morgan fingerprint density at radius 2 is 1.78 bits per heavy atom. The number of nitrogens with zero attached hydrogens (tertiary/aromatic N) is 1. The van der Waals surface area contributed by atoms with Crippen molar-refractivity contribution in [1.29, 1.82) is 5.26 Å². The maximum atomic E-state index is 14.6. The summed E-state index contributed by atoms with van der Waals surface area (Å²) in [6.45, 7) is 8.00. The van der Waals surface area contributed by atoms with E-state index in [9.17, 15) is 18.4 Å². The van der Waals surface area contributed by atoms with E-state index in [2.05, 4.69) is 5.32 Å². The van der Waals surface area contributed by atoms with Crippen molar-refractivity contribution in [3.05, 3.63) is 63.7 Å². The van der Waals surface area contributed by atoms with Gasteiger partial charge in [0.15, 0.2) is 0 Å². The van der Waals surface area contributed by atoms with E-state index in [0.29, 0.717) is 17.6 Å². The van der Waals surface area contributed by atoms with Crippen molar-refractivity contribution in [2.75, 3.05) is 13.2 Å². The molecule has 6 nitrogen and oxygen atoms in total. The summed E-state index contributed by atoms with van der Waals surface area (Å²) in [6, 6.07) is 8.52. The van der Waals surface area contributed by atoms with Crippen LogP contribution in [-0.4, -0.2) is 37.6 Å². The minimum Gasteiger partial charge on any atom is -0.489 e. The van der Waals surface area contributed by atoms with E-state index in [0.717, 1.165) is 12.1 Å². The number of nitriles is 1. The van der Waals surface area contributed by atoms with E-state index in [1.54, 1.807) is 18.2 Å². The molecule has 1 aliphatic rings. The molecule has 0 saturated heterocycles. The van der Waals surface area contributed by atoms with Crippen molar-refractivity contribution >= 4 is 23.8 Å². The van der Waals surface area contributed by atoms with Crippen LogP contribution in [-0.2, 0) is 16.0 Å². The summed E-state index contributed by atoms with van der Waals surface area (Å²) in [5, 5.41) is 12.3. The normalized spacial score (nSPS) is 19.6. The molecular formula is C27H29ClF2N2O4. The third-order valence-corrected chi connectivity index (χ3v) is 7.02. The number of nitrogens with one attached hydrogen (secondary N) is 1. The van der Waals surface area contributed by atoms with Crippen molar-refractivity contribution in [1.82, 2.24) is 5.32 Å². The first-order valence-electron chi connectivity index (χ1n) is 11.6. The van der Waals surface area contributed by atoms with E-state index in [4.69, 9.17) is 26.3 Å². The van der Waals surface area contributed by atoms with Gasteiger partial charge in [0.25, 0.3) is 5.91 Å². The number of carbonyl (C=O) groups excluding carboxylic acids is 2. The second-order valence-corrected chi connectivity index (χ2v) is 10.4. The molecule has 0 heterocycles. The van der Waals surface area contributed by atoms with Crippen LogP contribution in [0.1, 0.15) is 55.6 Å². The van der Waals surface area contributed by atoms with Gasteiger partial charge in [-0.3, -0.25) is 4.79 Å². The number of hydrogen-bond donors (Lipinski definition) is 1. The lowest BCUT2D eigenvalue weighted by Crippen LogP contribution is -2.74. The molecule has 0 aromatic heterocycles. The molecule has 0 spiro atoms. The SMILES string of the molecule is CC1(C)C(NC(=O)c2cc(F)c(CCOCCC=O)c(F)c2)C(C)(C)C1Oc1ccc(C#N)c(Cl)c1. The molecule has 0 unspecified atom stereocenters. The van der Waals surface area contributed by atoms with Crippen LogP contribution in [0.5, 0.6) is 5.75 Å². The largest absolute Gasteiger partial charge is 0.489 e. The van der Waals surface area contributed by atoms with Gasteiger partial charge in [0, 0.05) is 46.9 Å². The number of halogens is 3. The molecule has 192 valence electrons. The van der Waals surface area contributed by atoms with Crippen LogP contribution < -0.4 is 10.1 Å². The molecule has 0 atom stereocenters. The molecule has 0 bridgehead atoms. The first-order chi connectivity index (χ1) is 16.9. The summed E-state index contributed by atoms with van der Waals surface area (Å²) in [7, 11) is 0. The van der Waals surface area contributed by atoms with Crippen LogP contribution in [0.15, 0.2) is 30.3 Å². The Bertz CT molecular complexity index is 1150. The average Bonchev–Trinajstić information content (AvgIpc) is 2.81. The molecule has 2 aromatic rings. The maximum absolute atomic E-state index is 14.6. The van der Waals surface area contributed by atoms with Gasteiger partial charge >= 0.3 is 0 Å². The lowest BCUT2D eigenvalue weighted by atomic mass is 9.49. The van der Waals surface area contributed by atoms with E-state index >= 15 is 0 Å². The van der Waals surface area contributed by atoms with Gasteiger partial charge in [0.1, 0.15) is 35.8 Å². The maximum Gasteiger partial charge on any atom is 0.251 e. The quantitative estimate of drug-likeness (QED) is 0.343. The molecule has 1 aliphatic carbocycles. The number of carbonyl (C=O) groups is 2. The molecule has 1 saturated carbocycles. The van der Waals surface area contributed by atoms with Gasteiger partial charge in [-0.1, -0.05) is 39.3 Å². The highest BCUT2D eigenvalue weighted by molar-refractivity contribution is 6.31. The molecule has 9 heteroatoms. The van der Waals surface area contributed by atoms with Gasteiger partial charge in [-0.05, 0) is 24.3 Å². The standard InChI is InChI=1S/C27H29ClF2N2O4/c1-26(2)24(27(3,4)25(26)36-18-7-6-16(15-31)20(28)14-18)32-23(34)17-12-21(29)19(22(30)13-17)8-11-35-10-5-9-33/h6-7,9,12-14,24-25H,5,8,10-11H2,1-4H3,(H,32,34). The number of ether oxygens (including phenoxy) is 2. The molecule has 1 amide bonds. The van der Waals surface area contributed by atoms with E-state index < -0.39 is 28.4 Å². The Morgan fingerprint density at radius 1 is 1.14 bits per heavy atom. The van der Waals surface area contributed by atoms with Crippen LogP contribution >= 0.6 is 11.6 Å². The molecular weight excluding hydrogens is 490 g/mol. The second-order valence-electron chi connectivity index (χ2n) is 10.0. The highest BCUT2D eigenvalue weighted by Gasteiger charge is 2.64. The topological polar surface area (TPSA) is 88.4 Å². The smallest absolute Gasteiger partial charge is 0.251 e. The molecule has 1 fully saturated rings. The van der Waals surface area contributed by atoms with Gasteiger partial charge in [-0.2, -0.15) is 5.26 Å². The Morgan fingerprint density at radius 3 is 2.33 bits per heavy atom. The van der Waals surface area contributed by atoms with Crippen LogP contribution in [0.25, 0.3) is 0 Å². The highest BCUT2D eigenvalue weighted by atomic mass is 35.5. The van der Waals surface area contributed by atoms with Crippen molar-refractivity contribution in [2.45, 2.75) is 52.7 Å². The lowest BCUT2D eigenvalue weighted by molar-refractivity contribution is -0.164. The molecule has 3 rings (SSSR count). The lowest BCUT2D eigenvalue weighted by Gasteiger charge is -2.63. The van der Waals surface area contributed by atoms with E-state index in [1.165, 1.54) is 0 Å². The van der Waals surface area contributed by atoms with Gasteiger partial charge in [-0.15, -0.1) is 0 Å². The number of benzene rings is 2. The molecule has 1 N–H and O–H groups in total. The summed E-state index contributed by atoms with van der Waals surface area (Å²) in [5.74, 6) is -1.74. The molecule has 0 radical (unpaired) electrons. The Hall–Kier alpha value is -3.02. The fourth-order valence-electron chi connectivity index (χ4n) is 5.19. The Labute approximate surface area is 214 Å². The predicted molar refractivity (Wildman–Crippen MR) is 131 cm³/mol. The summed E-state index contributed by atoms with van der Waals surface area (Å²) < 4.78 is 40.6. The first kappa shape index (κ1) is 27.6. The van der Waals surface area contributed by atoms with Crippen LogP contribution in [0.4, 0.5) is 8.78 Å². The summed E-state index contributed by atoms with van der Waals surface area (Å²) >= 11 is 6.13. The fraction of sp³-hybridized carbons (Fsp3) is 0.444. The zero-order valence-electron chi connectivity index (χ0n) is 20.7. The van der Waals surface area contributed by atoms with Crippen LogP contribution in [0.2, 0.25) is 5.02 Å². The van der Waals surface area contributed by atoms with Crippen LogP contribution in [0.3, 0.4) is 0 Å². The first-order valence-corrected chi connectivity index (χ1v) is 12.0. The van der Waals surface area contributed by atoms with Crippen LogP contribution in [0, 0.1) is 33.8 Å². The zero-order chi connectivity index (χ0) is 26.7. The summed E-state index contributed by atoms with van der Waals surface area (Å²) in [6.07, 6.45) is 0.593. The number of hydrogen-bond acceptors (Lipinski definition) is 5. The minimum atomic E-state index is -0.829. The second kappa shape index (κ2) is 10.9. The molecule has 36 heavy (non-hydrogen) atoms. The Kier molecular flexibility index (Phi) is 8.37. The number of amides is 1. The van der Waals surface area contributed by atoms with Gasteiger partial charge in [0.2, 0.25) is 0 Å². The highest BCUT2D eigenvalue weighted by Crippen LogP contribution is 2.55. The average molecular weight is 519 g/mol. The van der Waals surface area contributed by atoms with E-state index in [-0.39, 0.29) is 54.4 Å². The number of aldehydes is 1. The zero-order valence-corrected chi connectivity index (χ0v) is 21.4. The van der Waals surface area contributed by atoms with Crippen molar-refractivity contribution < 1.29 is 27.8 Å². The molecule has 0 aliphatic heterocycles. The van der Waals surface area contributed by atoms with Crippen molar-refractivity contribution in [3.63, 3.8) is 0 Å². The van der Waals surface area contributed by atoms with Gasteiger partial charge in [0.05, 0.1) is 23.8 Å². The number of rotatable bonds is 10.